The topological polar surface area (TPSA) is 21.3 Å². The van der Waals surface area contributed by atoms with Crippen molar-refractivity contribution in [2.75, 3.05) is 13.2 Å². The minimum Gasteiger partial charge on any atom is -0.494 e. The minimum absolute atomic E-state index is 0.306. The van der Waals surface area contributed by atoms with E-state index in [-0.39, 0.29) is 0 Å². The largest absolute Gasteiger partial charge is 0.494 e. The van der Waals surface area contributed by atoms with Gasteiger partial charge in [-0.2, -0.15) is 0 Å². The molecule has 1 heterocycles. The molecule has 19 heavy (non-hydrogen) atoms. The molecule has 2 heteroatoms. The molecule has 1 aliphatic heterocycles. The van der Waals surface area contributed by atoms with Crippen molar-refractivity contribution in [1.82, 2.24) is 5.32 Å². The van der Waals surface area contributed by atoms with Gasteiger partial charge in [-0.15, -0.1) is 0 Å². The molecule has 98 valence electrons. The highest BCUT2D eigenvalue weighted by Gasteiger charge is 2.20. The van der Waals surface area contributed by atoms with E-state index in [2.05, 4.69) is 53.8 Å². The first-order chi connectivity index (χ1) is 9.38. The second-order valence-electron chi connectivity index (χ2n) is 4.84. The van der Waals surface area contributed by atoms with Gasteiger partial charge >= 0.3 is 0 Å². The first kappa shape index (κ1) is 12.2. The summed E-state index contributed by atoms with van der Waals surface area (Å²) in [5.74, 6) is 0.940. The van der Waals surface area contributed by atoms with Crippen LogP contribution in [0.1, 0.15) is 29.7 Å². The molecule has 0 bridgehead atoms. The smallest absolute Gasteiger partial charge is 0.119 e. The van der Waals surface area contributed by atoms with Gasteiger partial charge in [0.25, 0.3) is 0 Å². The van der Waals surface area contributed by atoms with E-state index in [0.29, 0.717) is 12.6 Å². The van der Waals surface area contributed by atoms with Crippen molar-refractivity contribution in [3.63, 3.8) is 0 Å². The monoisotopic (exact) mass is 253 g/mol. The van der Waals surface area contributed by atoms with Gasteiger partial charge < -0.3 is 10.1 Å². The number of fused-ring (bicyclic) bond motifs is 1. The van der Waals surface area contributed by atoms with E-state index in [0.717, 1.165) is 18.7 Å². The fourth-order valence-corrected chi connectivity index (χ4v) is 2.73. The second kappa shape index (κ2) is 5.45. The van der Waals surface area contributed by atoms with Crippen LogP contribution >= 0.6 is 0 Å². The van der Waals surface area contributed by atoms with Gasteiger partial charge in [0.15, 0.2) is 0 Å². The molecule has 0 saturated carbocycles. The van der Waals surface area contributed by atoms with E-state index in [1.54, 1.807) is 0 Å². The maximum Gasteiger partial charge on any atom is 0.119 e. The average molecular weight is 253 g/mol. The third kappa shape index (κ3) is 2.49. The van der Waals surface area contributed by atoms with Gasteiger partial charge in [0.2, 0.25) is 0 Å². The molecule has 0 spiro atoms. The first-order valence-corrected chi connectivity index (χ1v) is 6.92. The molecule has 0 aliphatic carbocycles. The summed E-state index contributed by atoms with van der Waals surface area (Å²) in [6.45, 7) is 3.76. The van der Waals surface area contributed by atoms with E-state index in [1.165, 1.54) is 16.7 Å². The average Bonchev–Trinajstić information content (AvgIpc) is 2.48. The van der Waals surface area contributed by atoms with Crippen LogP contribution in [0.15, 0.2) is 48.5 Å². The summed E-state index contributed by atoms with van der Waals surface area (Å²) in [7, 11) is 0. The molecule has 1 aliphatic rings. The summed E-state index contributed by atoms with van der Waals surface area (Å²) >= 11 is 0. The minimum atomic E-state index is 0.306. The maximum absolute atomic E-state index is 5.50. The van der Waals surface area contributed by atoms with Gasteiger partial charge in [-0.1, -0.05) is 36.4 Å². The van der Waals surface area contributed by atoms with Crippen molar-refractivity contribution < 1.29 is 4.74 Å². The van der Waals surface area contributed by atoms with E-state index >= 15 is 0 Å². The van der Waals surface area contributed by atoms with Crippen LogP contribution in [0.3, 0.4) is 0 Å². The predicted octanol–water partition coefficient (Wildman–Crippen LogP) is 3.32. The lowest BCUT2D eigenvalue weighted by molar-refractivity contribution is 0.340. The van der Waals surface area contributed by atoms with Crippen LogP contribution in [-0.2, 0) is 6.42 Å². The van der Waals surface area contributed by atoms with Gasteiger partial charge in [-0.05, 0) is 42.2 Å². The van der Waals surface area contributed by atoms with Crippen molar-refractivity contribution >= 4 is 0 Å². The van der Waals surface area contributed by atoms with Gasteiger partial charge in [0.05, 0.1) is 12.6 Å². The zero-order valence-corrected chi connectivity index (χ0v) is 11.2. The standard InChI is InChI=1S/C17H19NO/c1-2-19-15-9-7-14(8-10-15)17-16-6-4-3-5-13(16)11-12-18-17/h3-10,17-18H,2,11-12H2,1H3. The van der Waals surface area contributed by atoms with Crippen LogP contribution in [-0.4, -0.2) is 13.2 Å². The van der Waals surface area contributed by atoms with Crippen molar-refractivity contribution in [2.45, 2.75) is 19.4 Å². The summed E-state index contributed by atoms with van der Waals surface area (Å²) < 4.78 is 5.50. The normalized spacial score (nSPS) is 17.8. The Kier molecular flexibility index (Phi) is 3.51. The fraction of sp³-hybridized carbons (Fsp3) is 0.294. The van der Waals surface area contributed by atoms with Crippen molar-refractivity contribution in [2.24, 2.45) is 0 Å². The van der Waals surface area contributed by atoms with Crippen molar-refractivity contribution in [3.8, 4) is 5.75 Å². The Hall–Kier alpha value is -1.80. The molecule has 2 nitrogen and oxygen atoms in total. The van der Waals surface area contributed by atoms with Crippen LogP contribution in [0.2, 0.25) is 0 Å². The quantitative estimate of drug-likeness (QED) is 0.906. The lowest BCUT2D eigenvalue weighted by atomic mass is 9.90. The molecule has 1 N–H and O–H groups in total. The number of rotatable bonds is 3. The van der Waals surface area contributed by atoms with Crippen molar-refractivity contribution in [3.05, 3.63) is 65.2 Å². The number of nitrogens with one attached hydrogen (secondary N) is 1. The number of benzene rings is 2. The molecule has 0 aromatic heterocycles. The maximum atomic E-state index is 5.50. The summed E-state index contributed by atoms with van der Waals surface area (Å²) in [6.07, 6.45) is 1.11. The summed E-state index contributed by atoms with van der Waals surface area (Å²) in [4.78, 5) is 0. The third-order valence-electron chi connectivity index (χ3n) is 3.63. The molecule has 3 rings (SSSR count). The highest BCUT2D eigenvalue weighted by atomic mass is 16.5. The van der Waals surface area contributed by atoms with Gasteiger partial charge in [0.1, 0.15) is 5.75 Å². The molecule has 1 unspecified atom stereocenters. The SMILES string of the molecule is CCOc1ccc(C2NCCc3ccccc32)cc1. The molecular weight excluding hydrogens is 234 g/mol. The highest BCUT2D eigenvalue weighted by molar-refractivity contribution is 5.41. The highest BCUT2D eigenvalue weighted by Crippen LogP contribution is 2.29. The molecule has 0 fully saturated rings. The molecule has 2 aromatic carbocycles. The van der Waals surface area contributed by atoms with Crippen molar-refractivity contribution in [1.29, 1.82) is 0 Å². The Labute approximate surface area is 114 Å². The van der Waals surface area contributed by atoms with Gasteiger partial charge in [-0.25, -0.2) is 0 Å². The number of hydrogen-bond donors (Lipinski definition) is 1. The van der Waals surface area contributed by atoms with Crippen LogP contribution in [0.5, 0.6) is 5.75 Å². The molecular formula is C17H19NO. The van der Waals surface area contributed by atoms with E-state index in [1.807, 2.05) is 6.92 Å². The third-order valence-corrected chi connectivity index (χ3v) is 3.63. The zero-order chi connectivity index (χ0) is 13.1. The van der Waals surface area contributed by atoms with E-state index in [9.17, 15) is 0 Å². The number of hydrogen-bond acceptors (Lipinski definition) is 2. The zero-order valence-electron chi connectivity index (χ0n) is 11.2. The summed E-state index contributed by atoms with van der Waals surface area (Å²) in [5.41, 5.74) is 4.16. The predicted molar refractivity (Wildman–Crippen MR) is 77.6 cm³/mol. The van der Waals surface area contributed by atoms with Crippen LogP contribution in [0, 0.1) is 0 Å². The second-order valence-corrected chi connectivity index (χ2v) is 4.84. The Balaban J connectivity index is 1.90. The Morgan fingerprint density at radius 2 is 1.89 bits per heavy atom. The molecule has 0 saturated heterocycles. The van der Waals surface area contributed by atoms with Crippen LogP contribution in [0.4, 0.5) is 0 Å². The van der Waals surface area contributed by atoms with Gasteiger partial charge in [0, 0.05) is 6.54 Å². The molecule has 0 amide bonds. The van der Waals surface area contributed by atoms with Gasteiger partial charge in [-0.3, -0.25) is 0 Å². The van der Waals surface area contributed by atoms with Crippen LogP contribution in [0.25, 0.3) is 0 Å². The van der Waals surface area contributed by atoms with Crippen LogP contribution < -0.4 is 10.1 Å². The Bertz CT molecular complexity index is 547. The Morgan fingerprint density at radius 3 is 2.68 bits per heavy atom. The lowest BCUT2D eigenvalue weighted by Crippen LogP contribution is -2.30. The Morgan fingerprint density at radius 1 is 1.11 bits per heavy atom. The first-order valence-electron chi connectivity index (χ1n) is 6.92. The fourth-order valence-electron chi connectivity index (χ4n) is 2.73. The number of ether oxygens (including phenoxy) is 1. The molecule has 0 radical (unpaired) electrons. The summed E-state index contributed by atoms with van der Waals surface area (Å²) in [6, 6.07) is 17.4. The molecule has 2 aromatic rings. The summed E-state index contributed by atoms with van der Waals surface area (Å²) in [5, 5.41) is 3.60. The van der Waals surface area contributed by atoms with E-state index < -0.39 is 0 Å². The lowest BCUT2D eigenvalue weighted by Gasteiger charge is -2.27. The van der Waals surface area contributed by atoms with E-state index in [4.69, 9.17) is 4.74 Å². The molecule has 1 atom stereocenters.